The summed E-state index contributed by atoms with van der Waals surface area (Å²) in [5.74, 6) is -2.29. The molecule has 8 heteroatoms. The Labute approximate surface area is 75.9 Å². The fourth-order valence-electron chi connectivity index (χ4n) is 0.680. The molecular formula is C6H5F4N3O. The molecule has 0 radical (unpaired) electrons. The maximum absolute atomic E-state index is 12.6. The van der Waals surface area contributed by atoms with Crippen LogP contribution in [-0.2, 0) is 0 Å². The molecule has 0 atom stereocenters. The molecule has 0 aliphatic carbocycles. The lowest BCUT2D eigenvalue weighted by Crippen LogP contribution is -2.18. The third-order valence-corrected chi connectivity index (χ3v) is 1.12. The number of rotatable bonds is 2. The van der Waals surface area contributed by atoms with E-state index in [2.05, 4.69) is 20.0 Å². The highest BCUT2D eigenvalue weighted by atomic mass is 19.4. The Hall–Kier alpha value is -1.60. The normalized spacial score (nSPS) is 11.2. The molecule has 0 fully saturated rings. The zero-order valence-electron chi connectivity index (χ0n) is 6.89. The molecule has 78 valence electrons. The summed E-state index contributed by atoms with van der Waals surface area (Å²) in [4.78, 5) is 6.38. The Bertz CT molecular complexity index is 327. The van der Waals surface area contributed by atoms with Gasteiger partial charge < -0.3 is 10.1 Å². The van der Waals surface area contributed by atoms with Gasteiger partial charge in [0.1, 0.15) is 0 Å². The second-order valence-corrected chi connectivity index (χ2v) is 2.15. The molecule has 14 heavy (non-hydrogen) atoms. The first kappa shape index (κ1) is 10.5. The predicted molar refractivity (Wildman–Crippen MR) is 38.2 cm³/mol. The van der Waals surface area contributed by atoms with Gasteiger partial charge in [-0.25, -0.2) is 0 Å². The van der Waals surface area contributed by atoms with Gasteiger partial charge >= 0.3 is 6.36 Å². The molecule has 0 bridgehead atoms. The highest BCUT2D eigenvalue weighted by molar-refractivity contribution is 5.26. The van der Waals surface area contributed by atoms with Crippen LogP contribution in [0.25, 0.3) is 0 Å². The standard InChI is InChI=1S/C6H5F4N3O/c1-11-5-12-3(7)2-4(13-5)14-6(8,9)10/h2H,1H3,(H,11,12,13). The Morgan fingerprint density at radius 1 is 1.36 bits per heavy atom. The van der Waals surface area contributed by atoms with Gasteiger partial charge in [0.25, 0.3) is 0 Å². The number of aromatic nitrogens is 2. The Kier molecular flexibility index (Phi) is 2.73. The van der Waals surface area contributed by atoms with E-state index >= 15 is 0 Å². The van der Waals surface area contributed by atoms with Gasteiger partial charge in [-0.2, -0.15) is 14.4 Å². The monoisotopic (exact) mass is 211 g/mol. The summed E-state index contributed by atoms with van der Waals surface area (Å²) in [5, 5.41) is 2.28. The molecule has 0 aromatic carbocycles. The highest BCUT2D eigenvalue weighted by Crippen LogP contribution is 2.21. The van der Waals surface area contributed by atoms with Crippen LogP contribution in [0.2, 0.25) is 0 Å². The molecule has 0 spiro atoms. The fraction of sp³-hybridized carbons (Fsp3) is 0.333. The van der Waals surface area contributed by atoms with Crippen molar-refractivity contribution >= 4 is 5.95 Å². The van der Waals surface area contributed by atoms with Crippen molar-refractivity contribution in [2.24, 2.45) is 0 Å². The number of alkyl halides is 3. The number of hydrogen-bond donors (Lipinski definition) is 1. The van der Waals surface area contributed by atoms with E-state index in [0.29, 0.717) is 6.07 Å². The molecule has 1 rings (SSSR count). The van der Waals surface area contributed by atoms with Crippen LogP contribution in [0.1, 0.15) is 0 Å². The molecule has 1 aromatic rings. The molecule has 0 aliphatic rings. The van der Waals surface area contributed by atoms with Gasteiger partial charge in [0.2, 0.25) is 17.8 Å². The van der Waals surface area contributed by atoms with Gasteiger partial charge in [0.05, 0.1) is 6.07 Å². The first-order valence-corrected chi connectivity index (χ1v) is 3.39. The molecule has 1 heterocycles. The summed E-state index contributed by atoms with van der Waals surface area (Å²) in [6, 6.07) is 0.439. The first-order valence-electron chi connectivity index (χ1n) is 3.39. The minimum absolute atomic E-state index is 0.288. The van der Waals surface area contributed by atoms with E-state index in [9.17, 15) is 17.6 Å². The summed E-state index contributed by atoms with van der Waals surface area (Å²) >= 11 is 0. The lowest BCUT2D eigenvalue weighted by molar-refractivity contribution is -0.276. The van der Waals surface area contributed by atoms with Crippen LogP contribution in [-0.4, -0.2) is 23.4 Å². The minimum Gasteiger partial charge on any atom is -0.388 e. The maximum Gasteiger partial charge on any atom is 0.574 e. The van der Waals surface area contributed by atoms with E-state index in [1.807, 2.05) is 0 Å². The van der Waals surface area contributed by atoms with E-state index in [-0.39, 0.29) is 5.95 Å². The second-order valence-electron chi connectivity index (χ2n) is 2.15. The van der Waals surface area contributed by atoms with Crippen molar-refractivity contribution in [3.8, 4) is 5.88 Å². The third kappa shape index (κ3) is 3.04. The van der Waals surface area contributed by atoms with E-state index in [4.69, 9.17) is 0 Å². The fourth-order valence-corrected chi connectivity index (χ4v) is 0.680. The van der Waals surface area contributed by atoms with Crippen LogP contribution in [0.3, 0.4) is 0 Å². The van der Waals surface area contributed by atoms with Crippen molar-refractivity contribution in [3.05, 3.63) is 12.0 Å². The SMILES string of the molecule is CNc1nc(F)cc(OC(F)(F)F)n1. The molecular weight excluding hydrogens is 206 g/mol. The Balaban J connectivity index is 2.92. The van der Waals surface area contributed by atoms with Gasteiger partial charge in [-0.1, -0.05) is 0 Å². The number of halogens is 4. The van der Waals surface area contributed by atoms with Crippen LogP contribution in [0, 0.1) is 5.95 Å². The number of nitrogens with one attached hydrogen (secondary N) is 1. The van der Waals surface area contributed by atoms with Crippen LogP contribution >= 0.6 is 0 Å². The molecule has 0 aliphatic heterocycles. The van der Waals surface area contributed by atoms with Crippen LogP contribution in [0.4, 0.5) is 23.5 Å². The molecule has 1 aromatic heterocycles. The predicted octanol–water partition coefficient (Wildman–Crippen LogP) is 1.56. The lowest BCUT2D eigenvalue weighted by Gasteiger charge is -2.08. The number of anilines is 1. The Morgan fingerprint density at radius 2 is 2.00 bits per heavy atom. The average molecular weight is 211 g/mol. The van der Waals surface area contributed by atoms with Crippen molar-refractivity contribution < 1.29 is 22.3 Å². The maximum atomic E-state index is 12.6. The van der Waals surface area contributed by atoms with Crippen molar-refractivity contribution in [1.29, 1.82) is 0 Å². The smallest absolute Gasteiger partial charge is 0.388 e. The van der Waals surface area contributed by atoms with E-state index in [0.717, 1.165) is 0 Å². The number of nitrogens with zero attached hydrogens (tertiary/aromatic N) is 2. The zero-order chi connectivity index (χ0) is 10.8. The van der Waals surface area contributed by atoms with Gasteiger partial charge in [-0.3, -0.25) is 0 Å². The van der Waals surface area contributed by atoms with Gasteiger partial charge in [0.15, 0.2) is 0 Å². The van der Waals surface area contributed by atoms with Crippen LogP contribution in [0.15, 0.2) is 6.07 Å². The van der Waals surface area contributed by atoms with Gasteiger partial charge in [0, 0.05) is 7.05 Å². The van der Waals surface area contributed by atoms with Gasteiger partial charge in [-0.15, -0.1) is 13.2 Å². The van der Waals surface area contributed by atoms with E-state index in [1.165, 1.54) is 7.05 Å². The quantitative estimate of drug-likeness (QED) is 0.595. The highest BCUT2D eigenvalue weighted by Gasteiger charge is 2.32. The second kappa shape index (κ2) is 3.64. The Morgan fingerprint density at radius 3 is 2.50 bits per heavy atom. The minimum atomic E-state index is -4.90. The molecule has 0 saturated heterocycles. The molecule has 0 saturated carbocycles. The number of hydrogen-bond acceptors (Lipinski definition) is 4. The van der Waals surface area contributed by atoms with E-state index in [1.54, 1.807) is 0 Å². The topological polar surface area (TPSA) is 47.0 Å². The average Bonchev–Trinajstić information content (AvgIpc) is 1.99. The van der Waals surface area contributed by atoms with Crippen molar-refractivity contribution in [1.82, 2.24) is 9.97 Å². The summed E-state index contributed by atoms with van der Waals surface area (Å²) < 4.78 is 51.0. The largest absolute Gasteiger partial charge is 0.574 e. The van der Waals surface area contributed by atoms with Crippen molar-refractivity contribution in [2.75, 3.05) is 12.4 Å². The third-order valence-electron chi connectivity index (χ3n) is 1.12. The van der Waals surface area contributed by atoms with Crippen LogP contribution < -0.4 is 10.1 Å². The van der Waals surface area contributed by atoms with Crippen LogP contribution in [0.5, 0.6) is 5.88 Å². The summed E-state index contributed by atoms with van der Waals surface area (Å²) in [6.45, 7) is 0. The van der Waals surface area contributed by atoms with Gasteiger partial charge in [-0.05, 0) is 0 Å². The zero-order valence-corrected chi connectivity index (χ0v) is 6.89. The van der Waals surface area contributed by atoms with E-state index < -0.39 is 18.2 Å². The molecule has 0 unspecified atom stereocenters. The summed E-state index contributed by atoms with van der Waals surface area (Å²) in [7, 11) is 1.34. The number of ether oxygens (including phenoxy) is 1. The first-order chi connectivity index (χ1) is 6.40. The lowest BCUT2D eigenvalue weighted by atomic mass is 10.6. The molecule has 1 N–H and O–H groups in total. The van der Waals surface area contributed by atoms with Crippen molar-refractivity contribution in [2.45, 2.75) is 6.36 Å². The van der Waals surface area contributed by atoms with Crippen molar-refractivity contribution in [3.63, 3.8) is 0 Å². The summed E-state index contributed by atoms with van der Waals surface area (Å²) in [5.41, 5.74) is 0. The summed E-state index contributed by atoms with van der Waals surface area (Å²) in [6.07, 6.45) is -4.90. The molecule has 0 amide bonds. The molecule has 4 nitrogen and oxygen atoms in total.